The summed E-state index contributed by atoms with van der Waals surface area (Å²) in [6.45, 7) is 5.62. The Kier molecular flexibility index (Phi) is 3.32. The first-order chi connectivity index (χ1) is 8.84. The van der Waals surface area contributed by atoms with Crippen molar-refractivity contribution in [3.63, 3.8) is 0 Å². The lowest BCUT2D eigenvalue weighted by atomic mass is 10.0. The van der Waals surface area contributed by atoms with Crippen LogP contribution in [-0.4, -0.2) is 29.3 Å². The standard InChI is InChI=1S/C14H18N2O3/c1-14(2,3)16-13(18)12(17)11(15-16)9-6-5-7-10(8-9)19-4/h5-8,11,15H,1-4H3. The van der Waals surface area contributed by atoms with Crippen molar-refractivity contribution in [2.45, 2.75) is 32.4 Å². The largest absolute Gasteiger partial charge is 0.497 e. The number of nitrogens with zero attached hydrogens (tertiary/aromatic N) is 1. The third kappa shape index (κ3) is 2.46. The molecule has 19 heavy (non-hydrogen) atoms. The van der Waals surface area contributed by atoms with Gasteiger partial charge < -0.3 is 4.74 Å². The molecule has 1 amide bonds. The molecule has 1 atom stereocenters. The van der Waals surface area contributed by atoms with Gasteiger partial charge in [0.1, 0.15) is 11.8 Å². The Balaban J connectivity index is 2.31. The summed E-state index contributed by atoms with van der Waals surface area (Å²) < 4.78 is 5.13. The normalized spacial score (nSPS) is 20.0. The minimum atomic E-state index is -0.637. The molecule has 1 heterocycles. The number of hydrazine groups is 1. The molecule has 0 radical (unpaired) electrons. The molecule has 1 aliphatic heterocycles. The zero-order valence-corrected chi connectivity index (χ0v) is 11.6. The quantitative estimate of drug-likeness (QED) is 0.820. The Morgan fingerprint density at radius 2 is 1.95 bits per heavy atom. The van der Waals surface area contributed by atoms with Gasteiger partial charge in [-0.15, -0.1) is 0 Å². The second kappa shape index (κ2) is 4.66. The highest BCUT2D eigenvalue weighted by Gasteiger charge is 2.44. The van der Waals surface area contributed by atoms with Gasteiger partial charge in [-0.05, 0) is 38.5 Å². The van der Waals surface area contributed by atoms with Crippen molar-refractivity contribution in [3.8, 4) is 5.75 Å². The summed E-state index contributed by atoms with van der Waals surface area (Å²) in [6.07, 6.45) is 0. The van der Waals surface area contributed by atoms with Gasteiger partial charge in [-0.2, -0.15) is 0 Å². The summed E-state index contributed by atoms with van der Waals surface area (Å²) in [5.74, 6) is -0.280. The number of carbonyl (C=O) groups excluding carboxylic acids is 2. The van der Waals surface area contributed by atoms with Gasteiger partial charge in [0, 0.05) is 0 Å². The van der Waals surface area contributed by atoms with Crippen molar-refractivity contribution in [3.05, 3.63) is 29.8 Å². The van der Waals surface area contributed by atoms with E-state index in [9.17, 15) is 9.59 Å². The van der Waals surface area contributed by atoms with E-state index in [4.69, 9.17) is 4.74 Å². The number of hydrogen-bond donors (Lipinski definition) is 1. The molecule has 0 aliphatic carbocycles. The Morgan fingerprint density at radius 1 is 1.26 bits per heavy atom. The van der Waals surface area contributed by atoms with Crippen molar-refractivity contribution in [2.75, 3.05) is 7.11 Å². The van der Waals surface area contributed by atoms with Crippen LogP contribution in [0.2, 0.25) is 0 Å². The van der Waals surface area contributed by atoms with Crippen LogP contribution >= 0.6 is 0 Å². The monoisotopic (exact) mass is 262 g/mol. The van der Waals surface area contributed by atoms with Crippen LogP contribution in [0.15, 0.2) is 24.3 Å². The maximum Gasteiger partial charge on any atom is 0.306 e. The fourth-order valence-corrected chi connectivity index (χ4v) is 2.03. The van der Waals surface area contributed by atoms with E-state index in [1.807, 2.05) is 20.8 Å². The van der Waals surface area contributed by atoms with Crippen molar-refractivity contribution in [1.29, 1.82) is 0 Å². The molecule has 1 aliphatic rings. The van der Waals surface area contributed by atoms with Crippen molar-refractivity contribution >= 4 is 11.7 Å². The zero-order chi connectivity index (χ0) is 14.2. The van der Waals surface area contributed by atoms with Crippen LogP contribution in [0.3, 0.4) is 0 Å². The first kappa shape index (κ1) is 13.5. The number of rotatable bonds is 2. The van der Waals surface area contributed by atoms with Crippen molar-refractivity contribution in [2.24, 2.45) is 0 Å². The summed E-state index contributed by atoms with van der Waals surface area (Å²) in [4.78, 5) is 24.0. The van der Waals surface area contributed by atoms with Gasteiger partial charge in [-0.25, -0.2) is 5.43 Å². The molecule has 0 saturated carbocycles. The van der Waals surface area contributed by atoms with E-state index in [-0.39, 0.29) is 0 Å². The summed E-state index contributed by atoms with van der Waals surface area (Å²) in [5, 5.41) is 1.39. The molecule has 5 nitrogen and oxygen atoms in total. The van der Waals surface area contributed by atoms with E-state index in [1.54, 1.807) is 31.4 Å². The van der Waals surface area contributed by atoms with E-state index in [2.05, 4.69) is 5.43 Å². The number of Topliss-reactive ketones (excluding diaryl/α,β-unsaturated/α-hetero) is 1. The van der Waals surface area contributed by atoms with Gasteiger partial charge in [-0.1, -0.05) is 12.1 Å². The van der Waals surface area contributed by atoms with Crippen molar-refractivity contribution < 1.29 is 14.3 Å². The lowest BCUT2D eigenvalue weighted by Crippen LogP contribution is -2.49. The highest BCUT2D eigenvalue weighted by molar-refractivity contribution is 6.39. The van der Waals surface area contributed by atoms with Crippen LogP contribution in [-0.2, 0) is 9.59 Å². The zero-order valence-electron chi connectivity index (χ0n) is 11.6. The lowest BCUT2D eigenvalue weighted by Gasteiger charge is -2.31. The molecule has 102 valence electrons. The highest BCUT2D eigenvalue weighted by Crippen LogP contribution is 2.27. The molecule has 1 N–H and O–H groups in total. The molecule has 0 bridgehead atoms. The van der Waals surface area contributed by atoms with E-state index in [0.717, 1.165) is 5.56 Å². The number of benzene rings is 1. The summed E-state index contributed by atoms with van der Waals surface area (Å²) >= 11 is 0. The van der Waals surface area contributed by atoms with Gasteiger partial charge in [-0.3, -0.25) is 14.6 Å². The van der Waals surface area contributed by atoms with Gasteiger partial charge >= 0.3 is 5.91 Å². The van der Waals surface area contributed by atoms with Crippen molar-refractivity contribution in [1.82, 2.24) is 10.4 Å². The first-order valence-electron chi connectivity index (χ1n) is 6.13. The highest BCUT2D eigenvalue weighted by atomic mass is 16.5. The van der Waals surface area contributed by atoms with Crippen LogP contribution in [0.1, 0.15) is 32.4 Å². The second-order valence-corrected chi connectivity index (χ2v) is 5.51. The molecule has 1 unspecified atom stereocenters. The number of methoxy groups -OCH3 is 1. The minimum absolute atomic E-state index is 0.442. The average Bonchev–Trinajstić information content (AvgIpc) is 2.66. The van der Waals surface area contributed by atoms with Crippen LogP contribution in [0.5, 0.6) is 5.75 Å². The summed E-state index contributed by atoms with van der Waals surface area (Å²) in [7, 11) is 1.57. The second-order valence-electron chi connectivity index (χ2n) is 5.51. The van der Waals surface area contributed by atoms with Gasteiger partial charge in [0.25, 0.3) is 0 Å². The number of hydrogen-bond acceptors (Lipinski definition) is 4. The first-order valence-corrected chi connectivity index (χ1v) is 6.13. The average molecular weight is 262 g/mol. The fraction of sp³-hybridized carbons (Fsp3) is 0.429. The Bertz CT molecular complexity index is 520. The molecule has 1 saturated heterocycles. The Labute approximate surface area is 112 Å². The fourth-order valence-electron chi connectivity index (χ4n) is 2.03. The van der Waals surface area contributed by atoms with E-state index in [1.165, 1.54) is 5.01 Å². The van der Waals surface area contributed by atoms with Gasteiger partial charge in [0.15, 0.2) is 0 Å². The molecular formula is C14H18N2O3. The topological polar surface area (TPSA) is 58.6 Å². The van der Waals surface area contributed by atoms with E-state index in [0.29, 0.717) is 5.75 Å². The Morgan fingerprint density at radius 3 is 2.47 bits per heavy atom. The van der Waals surface area contributed by atoms with E-state index >= 15 is 0 Å². The third-order valence-electron chi connectivity index (χ3n) is 3.03. The predicted octanol–water partition coefficient (Wildman–Crippen LogP) is 1.45. The third-order valence-corrected chi connectivity index (χ3v) is 3.03. The van der Waals surface area contributed by atoms with E-state index < -0.39 is 23.3 Å². The molecule has 1 fully saturated rings. The summed E-state index contributed by atoms with van der Waals surface area (Å²) in [6, 6.07) is 6.52. The van der Waals surface area contributed by atoms with Crippen LogP contribution in [0, 0.1) is 0 Å². The molecule has 0 spiro atoms. The SMILES string of the molecule is COc1cccc(C2NN(C(C)(C)C)C(=O)C2=O)c1. The van der Waals surface area contributed by atoms with Crippen LogP contribution in [0.4, 0.5) is 0 Å². The number of nitrogens with one attached hydrogen (secondary N) is 1. The predicted molar refractivity (Wildman–Crippen MR) is 70.5 cm³/mol. The van der Waals surface area contributed by atoms with Gasteiger partial charge in [0.2, 0.25) is 5.78 Å². The van der Waals surface area contributed by atoms with Crippen LogP contribution in [0.25, 0.3) is 0 Å². The number of ketones is 1. The number of ether oxygens (including phenoxy) is 1. The summed E-state index contributed by atoms with van der Waals surface area (Å²) in [5.41, 5.74) is 3.26. The lowest BCUT2D eigenvalue weighted by molar-refractivity contribution is -0.143. The maximum absolute atomic E-state index is 12.1. The molecular weight excluding hydrogens is 244 g/mol. The maximum atomic E-state index is 12.1. The van der Waals surface area contributed by atoms with Crippen LogP contribution < -0.4 is 10.2 Å². The Hall–Kier alpha value is -1.88. The smallest absolute Gasteiger partial charge is 0.306 e. The number of carbonyl (C=O) groups is 2. The molecule has 2 rings (SSSR count). The number of amides is 1. The minimum Gasteiger partial charge on any atom is -0.497 e. The molecule has 1 aromatic rings. The molecule has 1 aromatic carbocycles. The molecule has 5 heteroatoms. The van der Waals surface area contributed by atoms with Gasteiger partial charge in [0.05, 0.1) is 12.6 Å². The molecule has 0 aromatic heterocycles.